The Balaban J connectivity index is 2.26. The molecule has 1 aromatic carbocycles. The smallest absolute Gasteiger partial charge is 0.264 e. The highest BCUT2D eigenvalue weighted by Crippen LogP contribution is 2.30. The summed E-state index contributed by atoms with van der Waals surface area (Å²) in [7, 11) is 0. The number of piperidine rings is 1. The number of imide groups is 2. The Morgan fingerprint density at radius 1 is 1.35 bits per heavy atom. The van der Waals surface area contributed by atoms with Crippen molar-refractivity contribution in [2.75, 3.05) is 5.73 Å². The second kappa shape index (κ2) is 4.16. The van der Waals surface area contributed by atoms with Crippen LogP contribution >= 0.6 is 0 Å². The van der Waals surface area contributed by atoms with Crippen molar-refractivity contribution < 1.29 is 27.4 Å². The average molecular weight is 279 g/mol. The molecule has 102 valence electrons. The summed E-state index contributed by atoms with van der Waals surface area (Å²) in [4.78, 5) is 49.0. The molecule has 20 heavy (non-hydrogen) atoms. The number of nitrogen functional groups attached to an aromatic ring is 1. The minimum Gasteiger partial charge on any atom is -0.398 e. The van der Waals surface area contributed by atoms with Gasteiger partial charge in [-0.2, -0.15) is 0 Å². The zero-order valence-electron chi connectivity index (χ0n) is 15.9. The standard InChI is InChI=1S/C13H11N3O4/c14-7-3-1-2-6-10(7)13(20)16(12(6)19)8-4-5-9(17)15-11(8)18/h1-3,8H,4-5,14H2,(H,15,17,18)/t8-/m0/s1/i1D,2D,3D,4D2,8D. The molecule has 0 spiro atoms. The molecule has 0 saturated carbocycles. The number of hydrogen-bond donors (Lipinski definition) is 2. The number of benzene rings is 1. The lowest BCUT2D eigenvalue weighted by molar-refractivity contribution is -0.136. The number of amides is 4. The van der Waals surface area contributed by atoms with E-state index in [1.54, 1.807) is 5.32 Å². The van der Waals surface area contributed by atoms with Crippen LogP contribution in [0.3, 0.4) is 0 Å². The van der Waals surface area contributed by atoms with Crippen molar-refractivity contribution >= 4 is 29.3 Å². The van der Waals surface area contributed by atoms with E-state index in [1.807, 2.05) is 0 Å². The molecule has 0 unspecified atom stereocenters. The molecule has 2 aliphatic heterocycles. The Bertz CT molecular complexity index is 886. The number of fused-ring (bicyclic) bond motifs is 1. The van der Waals surface area contributed by atoms with E-state index in [4.69, 9.17) is 14.0 Å². The van der Waals surface area contributed by atoms with E-state index in [9.17, 15) is 19.2 Å². The van der Waals surface area contributed by atoms with Gasteiger partial charge in [-0.3, -0.25) is 29.4 Å². The number of carbonyl (C=O) groups excluding carboxylic acids is 4. The summed E-state index contributed by atoms with van der Waals surface area (Å²) in [6.07, 6.45) is -3.86. The van der Waals surface area contributed by atoms with Gasteiger partial charge in [0.25, 0.3) is 11.8 Å². The molecular formula is C13H11N3O4. The maximum Gasteiger partial charge on any atom is 0.264 e. The molecular weight excluding hydrogens is 262 g/mol. The van der Waals surface area contributed by atoms with Gasteiger partial charge >= 0.3 is 0 Å². The summed E-state index contributed by atoms with van der Waals surface area (Å²) in [5.41, 5.74) is 3.72. The first-order valence-corrected chi connectivity index (χ1v) is 5.48. The van der Waals surface area contributed by atoms with Crippen LogP contribution in [-0.4, -0.2) is 34.5 Å². The molecule has 3 rings (SSSR count). The molecule has 1 aromatic rings. The van der Waals surface area contributed by atoms with Gasteiger partial charge in [0.1, 0.15) is 6.02 Å². The van der Waals surface area contributed by atoms with Crippen LogP contribution in [-0.2, 0) is 9.59 Å². The zero-order valence-corrected chi connectivity index (χ0v) is 9.86. The molecule has 1 saturated heterocycles. The fourth-order valence-electron chi connectivity index (χ4n) is 1.98. The van der Waals surface area contributed by atoms with Gasteiger partial charge in [0.05, 0.1) is 16.6 Å². The van der Waals surface area contributed by atoms with E-state index in [0.29, 0.717) is 0 Å². The van der Waals surface area contributed by atoms with Crippen molar-refractivity contribution in [1.29, 1.82) is 0 Å². The zero-order chi connectivity index (χ0) is 19.8. The number of hydrogen-bond acceptors (Lipinski definition) is 5. The molecule has 0 aliphatic carbocycles. The molecule has 3 N–H and O–H groups in total. The number of carbonyl (C=O) groups is 4. The first-order valence-electron chi connectivity index (χ1n) is 8.48. The minimum absolute atomic E-state index is 0.00722. The highest BCUT2D eigenvalue weighted by atomic mass is 16.2. The van der Waals surface area contributed by atoms with Crippen molar-refractivity contribution in [3.8, 4) is 0 Å². The van der Waals surface area contributed by atoms with Crippen LogP contribution in [0.5, 0.6) is 0 Å². The fourth-order valence-corrected chi connectivity index (χ4v) is 1.98. The first kappa shape index (κ1) is 7.18. The lowest BCUT2D eigenvalue weighted by Crippen LogP contribution is -2.54. The molecule has 0 bridgehead atoms. The van der Waals surface area contributed by atoms with Crippen molar-refractivity contribution in [3.05, 3.63) is 29.3 Å². The largest absolute Gasteiger partial charge is 0.398 e. The average Bonchev–Trinajstić information content (AvgIpc) is 2.79. The Morgan fingerprint density at radius 2 is 2.10 bits per heavy atom. The molecule has 2 aliphatic rings. The van der Waals surface area contributed by atoms with Crippen molar-refractivity contribution in [2.45, 2.75) is 18.8 Å². The molecule has 7 heteroatoms. The normalized spacial score (nSPS) is 32.5. The quantitative estimate of drug-likeness (QED) is 0.540. The number of nitrogens with two attached hydrogens (primary N) is 1. The topological polar surface area (TPSA) is 110 Å². The predicted octanol–water partition coefficient (Wildman–Crippen LogP) is -0.330. The SMILES string of the molecule is [2H]c1c([2H])c(N)c2c(c1[2H])C(=O)N([C@]1([2H])C(=O)NC(=O)CC1([2H])[2H])C2=O. The van der Waals surface area contributed by atoms with E-state index < -0.39 is 77.4 Å². The predicted molar refractivity (Wildman–Crippen MR) is 67.5 cm³/mol. The van der Waals surface area contributed by atoms with Gasteiger partial charge < -0.3 is 5.73 Å². The maximum atomic E-state index is 12.7. The monoisotopic (exact) mass is 279 g/mol. The molecule has 7 nitrogen and oxygen atoms in total. The fraction of sp³-hybridized carbons (Fsp3) is 0.231. The number of anilines is 1. The number of nitrogens with zero attached hydrogens (tertiary/aromatic N) is 1. The molecule has 1 fully saturated rings. The molecule has 0 aromatic heterocycles. The summed E-state index contributed by atoms with van der Waals surface area (Å²) in [6, 6.07) is -5.33. The lowest BCUT2D eigenvalue weighted by atomic mass is 10.0. The third-order valence-electron chi connectivity index (χ3n) is 2.85. The van der Waals surface area contributed by atoms with Gasteiger partial charge in [0, 0.05) is 14.8 Å². The van der Waals surface area contributed by atoms with Crippen molar-refractivity contribution in [1.82, 2.24) is 10.2 Å². The van der Waals surface area contributed by atoms with Crippen LogP contribution in [0.1, 0.15) is 41.7 Å². The van der Waals surface area contributed by atoms with E-state index >= 15 is 0 Å². The van der Waals surface area contributed by atoms with Gasteiger partial charge in [-0.1, -0.05) is 6.04 Å². The van der Waals surface area contributed by atoms with Crippen LogP contribution in [0.15, 0.2) is 18.1 Å². The van der Waals surface area contributed by atoms with E-state index in [-0.39, 0.29) is 4.90 Å². The summed E-state index contributed by atoms with van der Waals surface area (Å²) >= 11 is 0. The van der Waals surface area contributed by atoms with Crippen molar-refractivity contribution in [3.63, 3.8) is 0 Å². The molecule has 0 radical (unpaired) electrons. The highest BCUT2D eigenvalue weighted by molar-refractivity contribution is 6.25. The summed E-state index contributed by atoms with van der Waals surface area (Å²) < 4.78 is 47.1. The Morgan fingerprint density at radius 3 is 2.80 bits per heavy atom. The maximum absolute atomic E-state index is 12.7. The van der Waals surface area contributed by atoms with Crippen LogP contribution < -0.4 is 11.1 Å². The Hall–Kier alpha value is -2.70. The summed E-state index contributed by atoms with van der Waals surface area (Å²) in [5, 5.41) is 1.72. The summed E-state index contributed by atoms with van der Waals surface area (Å²) in [6.45, 7) is 0. The number of nitrogens with one attached hydrogen (secondary N) is 1. The third-order valence-corrected chi connectivity index (χ3v) is 2.85. The second-order valence-corrected chi connectivity index (χ2v) is 4.06. The molecule has 2 heterocycles. The van der Waals surface area contributed by atoms with Gasteiger partial charge in [-0.25, -0.2) is 0 Å². The van der Waals surface area contributed by atoms with Crippen LogP contribution in [0, 0.1) is 0 Å². The number of rotatable bonds is 1. The van der Waals surface area contributed by atoms with Crippen LogP contribution in [0.2, 0.25) is 0 Å². The van der Waals surface area contributed by atoms with E-state index in [2.05, 4.69) is 0 Å². The van der Waals surface area contributed by atoms with Crippen LogP contribution in [0.25, 0.3) is 0 Å². The molecule has 4 amide bonds. The minimum atomic E-state index is -3.13. The van der Waals surface area contributed by atoms with Gasteiger partial charge in [-0.05, 0) is 18.5 Å². The van der Waals surface area contributed by atoms with Crippen molar-refractivity contribution in [2.24, 2.45) is 0 Å². The van der Waals surface area contributed by atoms with Gasteiger partial charge in [0.15, 0.2) is 0 Å². The first-order chi connectivity index (χ1) is 11.9. The second-order valence-electron chi connectivity index (χ2n) is 4.06. The highest BCUT2D eigenvalue weighted by Gasteiger charge is 2.45. The lowest BCUT2D eigenvalue weighted by Gasteiger charge is -2.27. The van der Waals surface area contributed by atoms with Gasteiger partial charge in [-0.15, -0.1) is 0 Å². The van der Waals surface area contributed by atoms with E-state index in [0.717, 1.165) is 0 Å². The van der Waals surface area contributed by atoms with E-state index in [1.165, 1.54) is 0 Å². The summed E-state index contributed by atoms with van der Waals surface area (Å²) in [5.74, 6) is -5.23. The van der Waals surface area contributed by atoms with Gasteiger partial charge in [0.2, 0.25) is 11.8 Å². The molecule has 1 atom stereocenters. The Labute approximate surface area is 122 Å². The van der Waals surface area contributed by atoms with Crippen LogP contribution in [0.4, 0.5) is 5.69 Å². The Kier molecular flexibility index (Phi) is 1.49. The third kappa shape index (κ3) is 1.59.